The normalized spacial score (nSPS) is 17.7. The van der Waals surface area contributed by atoms with E-state index < -0.39 is 42.0 Å². The minimum Gasteiger partial charge on any atom is -0.480 e. The second-order valence-corrected chi connectivity index (χ2v) is 6.21. The molecular weight excluding hydrogens is 302 g/mol. The van der Waals surface area contributed by atoms with Crippen molar-refractivity contribution in [2.75, 3.05) is 0 Å². The maximum absolute atomic E-state index is 12.3. The number of aliphatic hydroxyl groups excluding tert-OH is 1. The van der Waals surface area contributed by atoms with Crippen LogP contribution in [-0.2, 0) is 14.4 Å². The van der Waals surface area contributed by atoms with E-state index in [-0.39, 0.29) is 11.8 Å². The highest BCUT2D eigenvalue weighted by atomic mass is 16.4. The summed E-state index contributed by atoms with van der Waals surface area (Å²) in [6, 6.07) is -3.18. The fourth-order valence-corrected chi connectivity index (χ4v) is 1.88. The quantitative estimate of drug-likeness (QED) is 0.384. The molecule has 8 heteroatoms. The lowest BCUT2D eigenvalue weighted by Gasteiger charge is -2.27. The molecule has 0 aromatic rings. The fraction of sp³-hybridized carbons (Fsp3) is 0.800. The average molecular weight is 331 g/mol. The van der Waals surface area contributed by atoms with Crippen LogP contribution in [0.2, 0.25) is 0 Å². The van der Waals surface area contributed by atoms with Gasteiger partial charge >= 0.3 is 5.97 Å². The van der Waals surface area contributed by atoms with Crippen molar-refractivity contribution in [3.63, 3.8) is 0 Å². The molecule has 0 aliphatic heterocycles. The van der Waals surface area contributed by atoms with Gasteiger partial charge in [0.25, 0.3) is 0 Å². The Bertz CT molecular complexity index is 425. The Morgan fingerprint density at radius 1 is 1.00 bits per heavy atom. The number of aliphatic carboxylic acids is 1. The van der Waals surface area contributed by atoms with Crippen LogP contribution in [0, 0.1) is 11.8 Å². The molecule has 0 heterocycles. The second kappa shape index (κ2) is 9.46. The van der Waals surface area contributed by atoms with Crippen molar-refractivity contribution in [3.8, 4) is 0 Å². The van der Waals surface area contributed by atoms with Crippen molar-refractivity contribution in [3.05, 3.63) is 0 Å². The summed E-state index contributed by atoms with van der Waals surface area (Å²) >= 11 is 0. The summed E-state index contributed by atoms with van der Waals surface area (Å²) in [6.07, 6.45) is -0.633. The first-order valence-corrected chi connectivity index (χ1v) is 7.80. The third kappa shape index (κ3) is 6.54. The molecule has 0 radical (unpaired) electrons. The highest BCUT2D eigenvalue weighted by Crippen LogP contribution is 2.09. The number of nitrogens with two attached hydrogens (primary N) is 1. The number of aliphatic hydroxyl groups is 1. The van der Waals surface area contributed by atoms with Gasteiger partial charge in [-0.05, 0) is 18.8 Å². The maximum Gasteiger partial charge on any atom is 0.326 e. The minimum atomic E-state index is -1.27. The summed E-state index contributed by atoms with van der Waals surface area (Å²) in [6.45, 7) is 8.35. The molecule has 0 rings (SSSR count). The van der Waals surface area contributed by atoms with Crippen molar-refractivity contribution in [2.45, 2.75) is 65.3 Å². The fourth-order valence-electron chi connectivity index (χ4n) is 1.88. The lowest BCUT2D eigenvalue weighted by Crippen LogP contribution is -2.59. The monoisotopic (exact) mass is 331 g/mol. The molecule has 5 unspecified atom stereocenters. The molecule has 23 heavy (non-hydrogen) atoms. The smallest absolute Gasteiger partial charge is 0.326 e. The van der Waals surface area contributed by atoms with E-state index >= 15 is 0 Å². The Morgan fingerprint density at radius 3 is 1.83 bits per heavy atom. The van der Waals surface area contributed by atoms with Gasteiger partial charge in [-0.25, -0.2) is 4.79 Å². The number of carbonyl (C=O) groups excluding carboxylic acids is 2. The van der Waals surface area contributed by atoms with Crippen LogP contribution in [0.25, 0.3) is 0 Å². The van der Waals surface area contributed by atoms with Gasteiger partial charge in [-0.15, -0.1) is 0 Å². The van der Waals surface area contributed by atoms with E-state index in [4.69, 9.17) is 5.73 Å². The molecular formula is C15H29N3O5. The number of rotatable bonds is 9. The van der Waals surface area contributed by atoms with Gasteiger partial charge in [0.05, 0.1) is 12.1 Å². The summed E-state index contributed by atoms with van der Waals surface area (Å²) in [5, 5.41) is 23.7. The Balaban J connectivity index is 5.06. The van der Waals surface area contributed by atoms with Gasteiger partial charge in [-0.3, -0.25) is 9.59 Å². The molecule has 134 valence electrons. The molecule has 0 aromatic carbocycles. The molecule has 5 atom stereocenters. The average Bonchev–Trinajstić information content (AvgIpc) is 2.47. The molecule has 0 aromatic heterocycles. The van der Waals surface area contributed by atoms with Gasteiger partial charge in [0.1, 0.15) is 12.1 Å². The summed E-state index contributed by atoms with van der Waals surface area (Å²) in [4.78, 5) is 35.5. The van der Waals surface area contributed by atoms with Gasteiger partial charge < -0.3 is 26.6 Å². The van der Waals surface area contributed by atoms with Crippen molar-refractivity contribution >= 4 is 17.8 Å². The van der Waals surface area contributed by atoms with Crippen molar-refractivity contribution in [2.24, 2.45) is 17.6 Å². The Morgan fingerprint density at radius 2 is 1.48 bits per heavy atom. The van der Waals surface area contributed by atoms with Crippen LogP contribution in [0.1, 0.15) is 41.0 Å². The number of carboxylic acids is 1. The van der Waals surface area contributed by atoms with E-state index in [0.717, 1.165) is 0 Å². The molecule has 0 spiro atoms. The predicted octanol–water partition coefficient (Wildman–Crippen LogP) is -0.549. The van der Waals surface area contributed by atoms with E-state index in [1.165, 1.54) is 6.92 Å². The highest BCUT2D eigenvalue weighted by molar-refractivity contribution is 5.92. The van der Waals surface area contributed by atoms with Crippen LogP contribution < -0.4 is 16.4 Å². The first-order valence-electron chi connectivity index (χ1n) is 7.80. The number of amides is 2. The van der Waals surface area contributed by atoms with Crippen molar-refractivity contribution in [1.29, 1.82) is 0 Å². The third-order valence-electron chi connectivity index (χ3n) is 3.86. The zero-order chi connectivity index (χ0) is 18.3. The van der Waals surface area contributed by atoms with Crippen LogP contribution in [-0.4, -0.2) is 52.2 Å². The lowest BCUT2D eigenvalue weighted by molar-refractivity contribution is -0.144. The van der Waals surface area contributed by atoms with Crippen LogP contribution in [0.5, 0.6) is 0 Å². The lowest BCUT2D eigenvalue weighted by atomic mass is 9.98. The standard InChI is InChI=1S/C15H29N3O5/c1-6-8(4)11(15(22)23)17-14(21)12(9(5)19)18-13(20)10(16)7(2)3/h7-12,19H,6,16H2,1-5H3,(H,17,21)(H,18,20)(H,22,23). The molecule has 0 saturated heterocycles. The number of carbonyl (C=O) groups is 3. The van der Waals surface area contributed by atoms with Crippen LogP contribution in [0.15, 0.2) is 0 Å². The van der Waals surface area contributed by atoms with Gasteiger partial charge in [-0.2, -0.15) is 0 Å². The van der Waals surface area contributed by atoms with Gasteiger partial charge in [0.15, 0.2) is 0 Å². The first kappa shape index (κ1) is 21.3. The molecule has 0 aliphatic rings. The maximum atomic E-state index is 12.3. The summed E-state index contributed by atoms with van der Waals surface area (Å²) < 4.78 is 0. The van der Waals surface area contributed by atoms with E-state index in [2.05, 4.69) is 10.6 Å². The van der Waals surface area contributed by atoms with Crippen molar-refractivity contribution < 1.29 is 24.6 Å². The molecule has 6 N–H and O–H groups in total. The number of hydrogen-bond acceptors (Lipinski definition) is 5. The molecule has 0 bridgehead atoms. The summed E-state index contributed by atoms with van der Waals surface area (Å²) in [5.41, 5.74) is 5.71. The number of hydrogen-bond donors (Lipinski definition) is 5. The molecule has 8 nitrogen and oxygen atoms in total. The highest BCUT2D eigenvalue weighted by Gasteiger charge is 2.33. The molecule has 0 saturated carbocycles. The second-order valence-electron chi connectivity index (χ2n) is 6.21. The molecule has 2 amide bonds. The van der Waals surface area contributed by atoms with E-state index in [0.29, 0.717) is 6.42 Å². The molecule has 0 aliphatic carbocycles. The Labute approximate surface area is 136 Å². The van der Waals surface area contributed by atoms with Crippen LogP contribution in [0.3, 0.4) is 0 Å². The summed E-state index contributed by atoms with van der Waals surface area (Å²) in [7, 11) is 0. The minimum absolute atomic E-state index is 0.139. The van der Waals surface area contributed by atoms with Gasteiger partial charge in [0, 0.05) is 0 Å². The van der Waals surface area contributed by atoms with Crippen molar-refractivity contribution in [1.82, 2.24) is 10.6 Å². The van der Waals surface area contributed by atoms with Crippen LogP contribution >= 0.6 is 0 Å². The van der Waals surface area contributed by atoms with Gasteiger partial charge in [0.2, 0.25) is 11.8 Å². The van der Waals surface area contributed by atoms with E-state index in [1.54, 1.807) is 20.8 Å². The number of nitrogens with one attached hydrogen (secondary N) is 2. The largest absolute Gasteiger partial charge is 0.480 e. The Kier molecular flexibility index (Phi) is 8.78. The first-order chi connectivity index (χ1) is 10.5. The zero-order valence-corrected chi connectivity index (χ0v) is 14.4. The topological polar surface area (TPSA) is 142 Å². The van der Waals surface area contributed by atoms with E-state index in [9.17, 15) is 24.6 Å². The molecule has 0 fully saturated rings. The van der Waals surface area contributed by atoms with Gasteiger partial charge in [-0.1, -0.05) is 34.1 Å². The van der Waals surface area contributed by atoms with E-state index in [1.807, 2.05) is 6.92 Å². The zero-order valence-electron chi connectivity index (χ0n) is 14.4. The third-order valence-corrected chi connectivity index (χ3v) is 3.86. The predicted molar refractivity (Wildman–Crippen MR) is 85.4 cm³/mol. The summed E-state index contributed by atoms with van der Waals surface area (Å²) in [5.74, 6) is -2.92. The Hall–Kier alpha value is -1.67. The SMILES string of the molecule is CCC(C)C(NC(=O)C(NC(=O)C(N)C(C)C)C(C)O)C(=O)O. The van der Waals surface area contributed by atoms with Crippen LogP contribution in [0.4, 0.5) is 0 Å². The number of carboxylic acid groups (broad SMARTS) is 1.